The molecule has 0 atom stereocenters. The van der Waals surface area contributed by atoms with E-state index in [9.17, 15) is 14.4 Å². The van der Waals surface area contributed by atoms with Crippen molar-refractivity contribution >= 4 is 35.8 Å². The Morgan fingerprint density at radius 1 is 0.867 bits per heavy atom. The Kier molecular flexibility index (Phi) is 3.17. The fraction of sp³-hybridized carbons (Fsp3) is 0.500. The average Bonchev–Trinajstić information content (AvgIpc) is 2.09. The number of hydrogen-bond acceptors (Lipinski definition) is 5. The predicted molar refractivity (Wildman–Crippen MR) is 68.8 cm³/mol. The second-order valence-corrected chi connectivity index (χ2v) is 8.25. The molecule has 0 saturated carbocycles. The monoisotopic (exact) mass is 269 g/mol. The second kappa shape index (κ2) is 3.80. The van der Waals surface area contributed by atoms with E-state index in [0.717, 1.165) is 3.97 Å². The third kappa shape index (κ3) is 2.04. The minimum absolute atomic E-state index is 0.562. The van der Waals surface area contributed by atoms with E-state index in [1.54, 1.807) is 18.8 Å². The zero-order chi connectivity index (χ0) is 12.0. The lowest BCUT2D eigenvalue weighted by atomic mass is 11.0. The van der Waals surface area contributed by atoms with E-state index < -0.39 is 27.3 Å². The largest absolute Gasteiger partial charge is 0.356 e. The Hall–Kier alpha value is -0.540. The van der Waals surface area contributed by atoms with E-state index in [1.807, 2.05) is 0 Å². The molecule has 0 N–H and O–H groups in total. The van der Waals surface area contributed by atoms with E-state index in [1.165, 1.54) is 0 Å². The molecule has 0 aliphatic heterocycles. The molecule has 6 nitrogen and oxygen atoms in total. The molecule has 0 aliphatic rings. The number of nitrogens with zero attached hydrogens (tertiary/aromatic N) is 3. The molecular weight excluding hydrogens is 258 g/mol. The molecule has 1 aromatic rings. The Labute approximate surface area is 98.1 Å². The molecule has 9 heteroatoms. The van der Waals surface area contributed by atoms with Gasteiger partial charge in [-0.25, -0.2) is 18.4 Å². The first-order valence-electron chi connectivity index (χ1n) is 3.76. The summed E-state index contributed by atoms with van der Waals surface area (Å²) in [4.78, 5) is 34.5. The van der Waals surface area contributed by atoms with Gasteiger partial charge in [0, 0.05) is 0 Å². The van der Waals surface area contributed by atoms with E-state index >= 15 is 0 Å². The molecule has 86 valence electrons. The predicted octanol–water partition coefficient (Wildman–Crippen LogP) is -0.985. The van der Waals surface area contributed by atoms with Crippen molar-refractivity contribution in [1.82, 2.24) is 11.9 Å². The lowest BCUT2D eigenvalue weighted by Crippen LogP contribution is -2.50. The van der Waals surface area contributed by atoms with E-state index in [0.29, 0.717) is 7.94 Å². The number of aromatic nitrogens is 3. The molecule has 0 radical (unpaired) electrons. The lowest BCUT2D eigenvalue weighted by Gasteiger charge is -2.26. The summed E-state index contributed by atoms with van der Waals surface area (Å²) in [5.41, 5.74) is -2.33. The highest BCUT2D eigenvalue weighted by Gasteiger charge is 2.18. The van der Waals surface area contributed by atoms with Crippen LogP contribution in [0.1, 0.15) is 0 Å². The summed E-state index contributed by atoms with van der Waals surface area (Å²) < 4.78 is 2.12. The Morgan fingerprint density at radius 2 is 1.20 bits per heavy atom. The summed E-state index contributed by atoms with van der Waals surface area (Å²) in [6.07, 6.45) is 5.26. The molecular formula is C6H11N3O3S3. The fourth-order valence-corrected chi connectivity index (χ4v) is 2.63. The number of rotatable bonds is 1. The van der Waals surface area contributed by atoms with Crippen LogP contribution in [0.5, 0.6) is 0 Å². The van der Waals surface area contributed by atoms with E-state index in [2.05, 4.69) is 25.6 Å². The van der Waals surface area contributed by atoms with E-state index in [-0.39, 0.29) is 0 Å². The molecule has 0 bridgehead atoms. The van der Waals surface area contributed by atoms with Gasteiger partial charge in [-0.3, -0.25) is 0 Å². The van der Waals surface area contributed by atoms with Crippen LogP contribution in [-0.2, 0) is 0 Å². The minimum Gasteiger partial charge on any atom is -0.245 e. The first kappa shape index (κ1) is 12.5. The van der Waals surface area contributed by atoms with Crippen molar-refractivity contribution in [3.05, 3.63) is 31.5 Å². The van der Waals surface area contributed by atoms with Crippen LogP contribution in [-0.4, -0.2) is 30.7 Å². The molecule has 0 saturated heterocycles. The standard InChI is InChI=1S/C6H11N3O3S3/c1-15(2,3)9-5(11)7(13)4(10)8(14)6(9)12/h13-14H,1-3H3. The van der Waals surface area contributed by atoms with Gasteiger partial charge in [-0.05, 0) is 18.8 Å². The average molecular weight is 269 g/mol. The maximum absolute atomic E-state index is 11.6. The number of hydrogen-bond donors (Lipinski definition) is 2. The highest BCUT2D eigenvalue weighted by molar-refractivity contribution is 8.30. The van der Waals surface area contributed by atoms with Gasteiger partial charge < -0.3 is 0 Å². The molecule has 1 aromatic heterocycles. The van der Waals surface area contributed by atoms with Gasteiger partial charge in [0.1, 0.15) is 0 Å². The molecule has 0 unspecified atom stereocenters. The summed E-state index contributed by atoms with van der Waals surface area (Å²) in [6, 6.07) is 0. The maximum atomic E-state index is 11.6. The second-order valence-electron chi connectivity index (χ2n) is 3.54. The highest BCUT2D eigenvalue weighted by atomic mass is 32.3. The van der Waals surface area contributed by atoms with Crippen molar-refractivity contribution in [2.75, 3.05) is 18.8 Å². The molecule has 0 aromatic carbocycles. The maximum Gasteiger partial charge on any atom is 0.356 e. The third-order valence-corrected chi connectivity index (χ3v) is 3.71. The van der Waals surface area contributed by atoms with Crippen molar-refractivity contribution < 1.29 is 0 Å². The van der Waals surface area contributed by atoms with Crippen LogP contribution in [0.15, 0.2) is 14.4 Å². The molecule has 1 heterocycles. The van der Waals surface area contributed by atoms with Crippen molar-refractivity contribution in [3.63, 3.8) is 0 Å². The summed E-state index contributed by atoms with van der Waals surface area (Å²) in [6.45, 7) is 0. The smallest absolute Gasteiger partial charge is 0.245 e. The third-order valence-electron chi connectivity index (χ3n) is 1.62. The van der Waals surface area contributed by atoms with Crippen LogP contribution in [0.2, 0.25) is 0 Å². The Morgan fingerprint density at radius 3 is 1.47 bits per heavy atom. The first-order chi connectivity index (χ1) is 6.68. The zero-order valence-corrected chi connectivity index (χ0v) is 11.0. The molecule has 0 fully saturated rings. The lowest BCUT2D eigenvalue weighted by molar-refractivity contribution is 0.791. The molecule has 15 heavy (non-hydrogen) atoms. The SMILES string of the molecule is CS(C)(C)n1c(=O)n(S)c(=O)n(S)c1=O. The van der Waals surface area contributed by atoms with Crippen LogP contribution >= 0.6 is 35.8 Å². The van der Waals surface area contributed by atoms with Gasteiger partial charge in [0.05, 0.1) is 0 Å². The summed E-state index contributed by atoms with van der Waals surface area (Å²) in [7, 11) is -1.61. The van der Waals surface area contributed by atoms with Crippen LogP contribution in [0.3, 0.4) is 0 Å². The molecule has 0 aliphatic carbocycles. The molecule has 0 spiro atoms. The van der Waals surface area contributed by atoms with Gasteiger partial charge >= 0.3 is 17.1 Å². The van der Waals surface area contributed by atoms with Gasteiger partial charge in [-0.15, -0.1) is 0 Å². The van der Waals surface area contributed by atoms with Crippen LogP contribution in [0.4, 0.5) is 0 Å². The van der Waals surface area contributed by atoms with Crippen molar-refractivity contribution in [2.45, 2.75) is 0 Å². The van der Waals surface area contributed by atoms with Gasteiger partial charge in [-0.2, -0.15) is 18.2 Å². The quantitative estimate of drug-likeness (QED) is 0.644. The van der Waals surface area contributed by atoms with Crippen molar-refractivity contribution in [1.29, 1.82) is 0 Å². The summed E-state index contributed by atoms with van der Waals surface area (Å²) >= 11 is 7.41. The van der Waals surface area contributed by atoms with Gasteiger partial charge in [0.25, 0.3) is 0 Å². The van der Waals surface area contributed by atoms with Crippen molar-refractivity contribution in [2.24, 2.45) is 0 Å². The van der Waals surface area contributed by atoms with Crippen LogP contribution in [0, 0.1) is 0 Å². The first-order valence-corrected chi connectivity index (χ1v) is 7.38. The fourth-order valence-electron chi connectivity index (χ4n) is 0.976. The van der Waals surface area contributed by atoms with Gasteiger partial charge in [0.2, 0.25) is 0 Å². The van der Waals surface area contributed by atoms with Gasteiger partial charge in [0.15, 0.2) is 0 Å². The molecule has 1 rings (SSSR count). The summed E-state index contributed by atoms with van der Waals surface area (Å²) in [5.74, 6) is 0. The van der Waals surface area contributed by atoms with Crippen molar-refractivity contribution in [3.8, 4) is 0 Å². The van der Waals surface area contributed by atoms with Gasteiger partial charge in [-0.1, -0.05) is 25.6 Å². The highest BCUT2D eigenvalue weighted by Crippen LogP contribution is 2.32. The minimum atomic E-state index is -1.61. The summed E-state index contributed by atoms with van der Waals surface area (Å²) in [5, 5.41) is 0. The topological polar surface area (TPSA) is 66.0 Å². The Balaban J connectivity index is 3.95. The van der Waals surface area contributed by atoms with Crippen LogP contribution < -0.4 is 17.1 Å². The zero-order valence-electron chi connectivity index (χ0n) is 8.37. The molecule has 0 amide bonds. The normalized spacial score (nSPS) is 12.9. The van der Waals surface area contributed by atoms with Crippen LogP contribution in [0.25, 0.3) is 0 Å². The number of thiol groups is 2. The van der Waals surface area contributed by atoms with E-state index in [4.69, 9.17) is 0 Å². The Bertz CT molecular complexity index is 522.